The Morgan fingerprint density at radius 2 is 1.23 bits per heavy atom. The number of carbonyl (C=O) groups excluding carboxylic acids is 2. The van der Waals surface area contributed by atoms with E-state index in [0.29, 0.717) is 23.3 Å². The SMILES string of the molecule is C=C(C)C(=O)OCCOc1ccc(C(C)(C)c2ccc(OC(C)CCOC(=O)C(=C)C)cc2)cc1. The smallest absolute Gasteiger partial charge is 0.333 e. The number of carbonyl (C=O) groups is 2. The number of ether oxygens (including phenoxy) is 4. The number of hydrogen-bond acceptors (Lipinski definition) is 6. The van der Waals surface area contributed by atoms with E-state index in [2.05, 4.69) is 39.1 Å². The van der Waals surface area contributed by atoms with E-state index in [4.69, 9.17) is 18.9 Å². The Morgan fingerprint density at radius 3 is 1.71 bits per heavy atom. The van der Waals surface area contributed by atoms with Gasteiger partial charge in [-0.15, -0.1) is 0 Å². The van der Waals surface area contributed by atoms with Crippen molar-refractivity contribution in [1.82, 2.24) is 0 Å². The number of rotatable bonds is 13. The summed E-state index contributed by atoms with van der Waals surface area (Å²) in [6, 6.07) is 15.9. The Hall–Kier alpha value is -3.54. The van der Waals surface area contributed by atoms with Crippen LogP contribution in [0.1, 0.15) is 52.2 Å². The molecule has 2 aromatic rings. The van der Waals surface area contributed by atoms with Crippen LogP contribution in [0.5, 0.6) is 11.5 Å². The summed E-state index contributed by atoms with van der Waals surface area (Å²) in [5.41, 5.74) is 2.82. The minimum absolute atomic E-state index is 0.0939. The molecule has 0 aliphatic heterocycles. The molecule has 0 aromatic heterocycles. The van der Waals surface area contributed by atoms with Crippen LogP contribution in [0.2, 0.25) is 0 Å². The van der Waals surface area contributed by atoms with E-state index in [1.54, 1.807) is 13.8 Å². The molecule has 6 nitrogen and oxygen atoms in total. The first-order valence-corrected chi connectivity index (χ1v) is 11.7. The van der Waals surface area contributed by atoms with Gasteiger partial charge in [-0.25, -0.2) is 9.59 Å². The van der Waals surface area contributed by atoms with E-state index in [0.717, 1.165) is 16.9 Å². The maximum Gasteiger partial charge on any atom is 0.333 e. The van der Waals surface area contributed by atoms with Crippen LogP contribution in [0.25, 0.3) is 0 Å². The molecule has 0 spiro atoms. The zero-order valence-corrected chi connectivity index (χ0v) is 21.4. The molecule has 2 aromatic carbocycles. The molecule has 0 aliphatic rings. The fourth-order valence-electron chi connectivity index (χ4n) is 3.23. The molecule has 6 heteroatoms. The normalized spacial score (nSPS) is 11.8. The Balaban J connectivity index is 1.89. The lowest BCUT2D eigenvalue weighted by atomic mass is 9.78. The molecule has 0 saturated carbocycles. The second kappa shape index (κ2) is 12.8. The lowest BCUT2D eigenvalue weighted by molar-refractivity contribution is -0.140. The Morgan fingerprint density at radius 1 is 0.771 bits per heavy atom. The van der Waals surface area contributed by atoms with Crippen LogP contribution >= 0.6 is 0 Å². The van der Waals surface area contributed by atoms with Crippen molar-refractivity contribution in [1.29, 1.82) is 0 Å². The van der Waals surface area contributed by atoms with Crippen molar-refractivity contribution in [2.75, 3.05) is 19.8 Å². The third kappa shape index (κ3) is 8.63. The van der Waals surface area contributed by atoms with Crippen molar-refractivity contribution >= 4 is 11.9 Å². The van der Waals surface area contributed by atoms with Crippen LogP contribution in [-0.4, -0.2) is 37.9 Å². The average Bonchev–Trinajstić information content (AvgIpc) is 2.82. The van der Waals surface area contributed by atoms with E-state index in [-0.39, 0.29) is 37.3 Å². The highest BCUT2D eigenvalue weighted by molar-refractivity contribution is 5.87. The quantitative estimate of drug-likeness (QED) is 0.205. The van der Waals surface area contributed by atoms with Gasteiger partial charge in [0.05, 0.1) is 12.7 Å². The zero-order valence-electron chi connectivity index (χ0n) is 21.4. The predicted octanol–water partition coefficient (Wildman–Crippen LogP) is 5.79. The zero-order chi connectivity index (χ0) is 26.0. The van der Waals surface area contributed by atoms with Crippen molar-refractivity contribution in [3.05, 3.63) is 84.0 Å². The summed E-state index contributed by atoms with van der Waals surface area (Å²) in [6.45, 7) is 17.4. The van der Waals surface area contributed by atoms with Crippen molar-refractivity contribution in [3.63, 3.8) is 0 Å². The molecule has 188 valence electrons. The number of esters is 2. The van der Waals surface area contributed by atoms with Gasteiger partial charge < -0.3 is 18.9 Å². The van der Waals surface area contributed by atoms with Crippen molar-refractivity contribution in [2.24, 2.45) is 0 Å². The van der Waals surface area contributed by atoms with Crippen molar-refractivity contribution in [3.8, 4) is 11.5 Å². The van der Waals surface area contributed by atoms with Crippen LogP contribution in [0, 0.1) is 0 Å². The molecule has 0 bridgehead atoms. The second-order valence-electron chi connectivity index (χ2n) is 9.07. The van der Waals surface area contributed by atoms with E-state index in [1.807, 2.05) is 43.3 Å². The Labute approximate surface area is 208 Å². The molecule has 0 radical (unpaired) electrons. The highest BCUT2D eigenvalue weighted by atomic mass is 16.6. The van der Waals surface area contributed by atoms with Gasteiger partial charge in [-0.1, -0.05) is 51.3 Å². The summed E-state index contributed by atoms with van der Waals surface area (Å²) < 4.78 is 21.8. The van der Waals surface area contributed by atoms with E-state index in [1.165, 1.54) is 0 Å². The summed E-state index contributed by atoms with van der Waals surface area (Å²) in [5.74, 6) is 0.676. The molecule has 1 unspecified atom stereocenters. The molecule has 0 heterocycles. The Kier molecular flexibility index (Phi) is 10.1. The lowest BCUT2D eigenvalue weighted by Gasteiger charge is -2.27. The van der Waals surface area contributed by atoms with E-state index < -0.39 is 5.97 Å². The van der Waals surface area contributed by atoms with Crippen LogP contribution < -0.4 is 9.47 Å². The predicted molar refractivity (Wildman–Crippen MR) is 137 cm³/mol. The maximum atomic E-state index is 11.5. The van der Waals surface area contributed by atoms with E-state index in [9.17, 15) is 9.59 Å². The minimum atomic E-state index is -0.416. The molecule has 0 saturated heterocycles. The molecule has 1 atom stereocenters. The fraction of sp³-hybridized carbons (Fsp3) is 0.379. The van der Waals surface area contributed by atoms with Crippen molar-refractivity contribution < 1.29 is 28.5 Å². The highest BCUT2D eigenvalue weighted by Gasteiger charge is 2.23. The molecule has 0 aliphatic carbocycles. The molecule has 35 heavy (non-hydrogen) atoms. The topological polar surface area (TPSA) is 71.1 Å². The summed E-state index contributed by atoms with van der Waals surface area (Å²) in [6.07, 6.45) is 0.500. The first-order valence-electron chi connectivity index (χ1n) is 11.7. The monoisotopic (exact) mass is 480 g/mol. The van der Waals surface area contributed by atoms with Gasteiger partial charge in [0.15, 0.2) is 0 Å². The number of benzene rings is 2. The van der Waals surface area contributed by atoms with Crippen molar-refractivity contribution in [2.45, 2.75) is 52.6 Å². The van der Waals surface area contributed by atoms with Gasteiger partial charge in [0.1, 0.15) is 24.7 Å². The minimum Gasteiger partial charge on any atom is -0.491 e. The maximum absolute atomic E-state index is 11.5. The van der Waals surface area contributed by atoms with Gasteiger partial charge >= 0.3 is 11.9 Å². The van der Waals surface area contributed by atoms with E-state index >= 15 is 0 Å². The fourth-order valence-corrected chi connectivity index (χ4v) is 3.23. The van der Waals surface area contributed by atoms with Gasteiger partial charge in [0.2, 0.25) is 0 Å². The van der Waals surface area contributed by atoms with Crippen LogP contribution in [0.15, 0.2) is 72.8 Å². The van der Waals surface area contributed by atoms with Gasteiger partial charge in [-0.05, 0) is 56.2 Å². The summed E-state index contributed by atoms with van der Waals surface area (Å²) >= 11 is 0. The first-order chi connectivity index (χ1) is 16.5. The molecular formula is C29H36O6. The molecule has 0 fully saturated rings. The van der Waals surface area contributed by atoms with Gasteiger partial charge in [0.25, 0.3) is 0 Å². The third-order valence-corrected chi connectivity index (χ3v) is 5.53. The standard InChI is InChI=1S/C29H36O6/c1-20(2)27(30)33-17-16-22(5)35-26-14-10-24(11-15-26)29(6,7)23-8-12-25(13-9-23)32-18-19-34-28(31)21(3)4/h8-15,22H,1,3,16-19H2,2,4-7H3. The Bertz CT molecular complexity index is 1020. The summed E-state index contributed by atoms with van der Waals surface area (Å²) in [5, 5.41) is 0. The lowest BCUT2D eigenvalue weighted by Crippen LogP contribution is -2.19. The van der Waals surface area contributed by atoms with Gasteiger partial charge in [-0.3, -0.25) is 0 Å². The number of hydrogen-bond donors (Lipinski definition) is 0. The van der Waals surface area contributed by atoms with Crippen LogP contribution in [0.3, 0.4) is 0 Å². The molecule has 0 N–H and O–H groups in total. The first kappa shape index (κ1) is 27.7. The van der Waals surface area contributed by atoms with Gasteiger partial charge in [-0.2, -0.15) is 0 Å². The molecular weight excluding hydrogens is 444 g/mol. The summed E-state index contributed by atoms with van der Waals surface area (Å²) in [4.78, 5) is 22.9. The summed E-state index contributed by atoms with van der Waals surface area (Å²) in [7, 11) is 0. The molecule has 0 amide bonds. The largest absolute Gasteiger partial charge is 0.491 e. The van der Waals surface area contributed by atoms with Crippen LogP contribution in [0.4, 0.5) is 0 Å². The average molecular weight is 481 g/mol. The van der Waals surface area contributed by atoms with Gasteiger partial charge in [0, 0.05) is 23.0 Å². The van der Waals surface area contributed by atoms with Crippen LogP contribution in [-0.2, 0) is 24.5 Å². The molecule has 2 rings (SSSR count). The second-order valence-corrected chi connectivity index (χ2v) is 9.07. The highest BCUT2D eigenvalue weighted by Crippen LogP contribution is 2.33. The third-order valence-electron chi connectivity index (χ3n) is 5.53.